The van der Waals surface area contributed by atoms with E-state index in [0.29, 0.717) is 23.1 Å². The van der Waals surface area contributed by atoms with Gasteiger partial charge in [0.2, 0.25) is 0 Å². The van der Waals surface area contributed by atoms with E-state index in [0.717, 1.165) is 62.5 Å². The predicted molar refractivity (Wildman–Crippen MR) is 141 cm³/mol. The number of carbonyl (C=O) groups excluding carboxylic acids is 1. The second-order valence-electron chi connectivity index (χ2n) is 11.3. The molecule has 1 N–H and O–H groups in total. The number of anilines is 1. The lowest BCUT2D eigenvalue weighted by atomic mass is 9.67. The van der Waals surface area contributed by atoms with Gasteiger partial charge in [-0.15, -0.1) is 0 Å². The average Bonchev–Trinajstić information content (AvgIpc) is 2.89. The Bertz CT molecular complexity index is 1240. The van der Waals surface area contributed by atoms with Crippen molar-refractivity contribution in [2.45, 2.75) is 45.6 Å². The van der Waals surface area contributed by atoms with Crippen LogP contribution in [0.5, 0.6) is 5.75 Å². The Hall–Kier alpha value is -2.97. The van der Waals surface area contributed by atoms with Crippen LogP contribution in [0.15, 0.2) is 41.5 Å². The summed E-state index contributed by atoms with van der Waals surface area (Å²) >= 11 is 0. The molecule has 0 unspecified atom stereocenters. The van der Waals surface area contributed by atoms with Gasteiger partial charge in [0.15, 0.2) is 5.84 Å². The minimum Gasteiger partial charge on any atom is -0.483 e. The molecule has 0 spiro atoms. The molecule has 0 radical (unpaired) electrons. The standard InChI is InChI=1S/C29H35FN4O3/c1-18(29(3)16-33(17-29)14-20-8-10-36-11-9-20)22-12-25-26(13-23(22)21-6-4-5-7-24(21)30)37-15-27-31-32-28(35)19(2)34(25)27/h4-7,12-13,18-20H,8-11,14-17H2,1-3H3,(H,32,35)/t18-,19-/m1/s1. The van der Waals surface area contributed by atoms with Crippen LogP contribution in [0, 0.1) is 17.2 Å². The summed E-state index contributed by atoms with van der Waals surface area (Å²) in [5.74, 6) is 1.78. The van der Waals surface area contributed by atoms with E-state index in [1.165, 1.54) is 6.07 Å². The number of halogens is 1. The molecule has 4 aliphatic heterocycles. The van der Waals surface area contributed by atoms with E-state index in [1.807, 2.05) is 30.0 Å². The first kappa shape index (κ1) is 24.4. The first-order valence-electron chi connectivity index (χ1n) is 13.4. The fraction of sp³-hybridized carbons (Fsp3) is 0.517. The first-order chi connectivity index (χ1) is 17.8. The number of hydrogen-bond donors (Lipinski definition) is 1. The van der Waals surface area contributed by atoms with Crippen molar-refractivity contribution < 1.29 is 18.7 Å². The zero-order chi connectivity index (χ0) is 25.7. The van der Waals surface area contributed by atoms with Gasteiger partial charge in [0.25, 0.3) is 5.91 Å². The summed E-state index contributed by atoms with van der Waals surface area (Å²) < 4.78 is 26.7. The maximum atomic E-state index is 15.1. The molecule has 196 valence electrons. The summed E-state index contributed by atoms with van der Waals surface area (Å²) in [5.41, 5.74) is 5.95. The molecular formula is C29H35FN4O3. The number of amidine groups is 1. The molecule has 2 aromatic carbocycles. The van der Waals surface area contributed by atoms with Crippen LogP contribution < -0.4 is 15.1 Å². The highest BCUT2D eigenvalue weighted by Crippen LogP contribution is 2.50. The van der Waals surface area contributed by atoms with Gasteiger partial charge in [-0.2, -0.15) is 5.10 Å². The maximum absolute atomic E-state index is 15.1. The molecule has 0 aromatic heterocycles. The molecule has 8 heteroatoms. The molecule has 0 bridgehead atoms. The lowest BCUT2D eigenvalue weighted by Crippen LogP contribution is -2.58. The van der Waals surface area contributed by atoms with E-state index in [4.69, 9.17) is 9.47 Å². The molecule has 7 nitrogen and oxygen atoms in total. The lowest BCUT2D eigenvalue weighted by Gasteiger charge is -2.53. The van der Waals surface area contributed by atoms with E-state index in [-0.39, 0.29) is 29.7 Å². The Morgan fingerprint density at radius 2 is 1.95 bits per heavy atom. The van der Waals surface area contributed by atoms with Crippen molar-refractivity contribution in [3.63, 3.8) is 0 Å². The molecule has 2 atom stereocenters. The van der Waals surface area contributed by atoms with Gasteiger partial charge in [-0.05, 0) is 66.3 Å². The highest BCUT2D eigenvalue weighted by molar-refractivity contribution is 6.09. The Morgan fingerprint density at radius 1 is 1.19 bits per heavy atom. The van der Waals surface area contributed by atoms with Crippen molar-refractivity contribution >= 4 is 17.4 Å². The minimum atomic E-state index is -0.410. The van der Waals surface area contributed by atoms with Crippen LogP contribution in [0.1, 0.15) is 45.1 Å². The molecule has 37 heavy (non-hydrogen) atoms. The number of fused-ring (bicyclic) bond motifs is 3. The molecule has 2 aromatic rings. The van der Waals surface area contributed by atoms with Crippen molar-refractivity contribution in [2.24, 2.45) is 16.4 Å². The van der Waals surface area contributed by atoms with Crippen LogP contribution in [0.2, 0.25) is 0 Å². The lowest BCUT2D eigenvalue weighted by molar-refractivity contribution is -0.122. The van der Waals surface area contributed by atoms with Gasteiger partial charge >= 0.3 is 0 Å². The first-order valence-corrected chi connectivity index (χ1v) is 13.4. The van der Waals surface area contributed by atoms with Crippen LogP contribution in [0.25, 0.3) is 11.1 Å². The topological polar surface area (TPSA) is 66.4 Å². The minimum absolute atomic E-state index is 0.0523. The number of benzene rings is 2. The van der Waals surface area contributed by atoms with Crippen molar-refractivity contribution in [3.8, 4) is 16.9 Å². The van der Waals surface area contributed by atoms with Crippen molar-refractivity contribution in [2.75, 3.05) is 44.4 Å². The van der Waals surface area contributed by atoms with Crippen LogP contribution >= 0.6 is 0 Å². The summed E-state index contributed by atoms with van der Waals surface area (Å²) in [4.78, 5) is 17.0. The maximum Gasteiger partial charge on any atom is 0.262 e. The Morgan fingerprint density at radius 3 is 2.70 bits per heavy atom. The smallest absolute Gasteiger partial charge is 0.262 e. The van der Waals surface area contributed by atoms with E-state index in [2.05, 4.69) is 35.3 Å². The summed E-state index contributed by atoms with van der Waals surface area (Å²) in [7, 11) is 0. The van der Waals surface area contributed by atoms with Crippen molar-refractivity contribution in [3.05, 3.63) is 47.8 Å². The normalized spacial score (nSPS) is 24.2. The van der Waals surface area contributed by atoms with Crippen LogP contribution in [0.3, 0.4) is 0 Å². The SMILES string of the molecule is C[C@@H]1C(=O)NN=C2COc3cc(-c4ccccc4F)c([C@@H](C)C4(C)CN(CC5CCOCC5)C4)cc3N21. The van der Waals surface area contributed by atoms with Crippen molar-refractivity contribution in [1.82, 2.24) is 10.3 Å². The summed E-state index contributed by atoms with van der Waals surface area (Å²) in [6, 6.07) is 10.6. The third kappa shape index (κ3) is 4.30. The molecular weight excluding hydrogens is 471 g/mol. The molecule has 4 aliphatic rings. The Labute approximate surface area is 217 Å². The molecule has 1 amide bonds. The Kier molecular flexibility index (Phi) is 6.19. The van der Waals surface area contributed by atoms with Gasteiger partial charge in [0, 0.05) is 38.4 Å². The third-order valence-electron chi connectivity index (χ3n) is 8.79. The summed E-state index contributed by atoms with van der Waals surface area (Å²) in [6.45, 7) is 11.6. The highest BCUT2D eigenvalue weighted by atomic mass is 19.1. The number of carbonyl (C=O) groups is 1. The van der Waals surface area contributed by atoms with E-state index in [9.17, 15) is 4.79 Å². The van der Waals surface area contributed by atoms with E-state index in [1.54, 1.807) is 6.07 Å². The number of ether oxygens (including phenoxy) is 2. The molecule has 0 aliphatic carbocycles. The van der Waals surface area contributed by atoms with Crippen LogP contribution in [0.4, 0.5) is 10.1 Å². The molecule has 2 fully saturated rings. The van der Waals surface area contributed by atoms with Gasteiger partial charge < -0.3 is 19.3 Å². The fourth-order valence-corrected chi connectivity index (χ4v) is 6.41. The second-order valence-corrected chi connectivity index (χ2v) is 11.3. The van der Waals surface area contributed by atoms with Gasteiger partial charge in [-0.3, -0.25) is 4.79 Å². The number of hydrogen-bond acceptors (Lipinski definition) is 6. The second kappa shape index (κ2) is 9.40. The number of nitrogens with one attached hydrogen (secondary N) is 1. The zero-order valence-electron chi connectivity index (χ0n) is 21.8. The molecule has 4 heterocycles. The Balaban J connectivity index is 1.36. The van der Waals surface area contributed by atoms with E-state index >= 15 is 4.39 Å². The molecule has 2 saturated heterocycles. The predicted octanol–water partition coefficient (Wildman–Crippen LogP) is 4.38. The highest BCUT2D eigenvalue weighted by Gasteiger charge is 2.45. The quantitative estimate of drug-likeness (QED) is 0.652. The largest absolute Gasteiger partial charge is 0.483 e. The van der Waals surface area contributed by atoms with E-state index < -0.39 is 6.04 Å². The van der Waals surface area contributed by atoms with Crippen molar-refractivity contribution in [1.29, 1.82) is 0 Å². The van der Waals surface area contributed by atoms with Gasteiger partial charge in [-0.1, -0.05) is 32.0 Å². The van der Waals surface area contributed by atoms with Crippen LogP contribution in [-0.2, 0) is 9.53 Å². The van der Waals surface area contributed by atoms with Gasteiger partial charge in [-0.25, -0.2) is 9.82 Å². The van der Waals surface area contributed by atoms with Gasteiger partial charge in [0.1, 0.15) is 24.2 Å². The van der Waals surface area contributed by atoms with Crippen LogP contribution in [-0.4, -0.2) is 62.1 Å². The molecule has 6 rings (SSSR count). The zero-order valence-corrected chi connectivity index (χ0v) is 21.8. The number of amides is 1. The number of likely N-dealkylation sites (tertiary alicyclic amines) is 1. The fourth-order valence-electron chi connectivity index (χ4n) is 6.41. The summed E-state index contributed by atoms with van der Waals surface area (Å²) in [5, 5.41) is 4.23. The number of hydrazone groups is 1. The third-order valence-corrected chi connectivity index (χ3v) is 8.79. The summed E-state index contributed by atoms with van der Waals surface area (Å²) in [6.07, 6.45) is 2.27. The molecule has 0 saturated carbocycles. The monoisotopic (exact) mass is 506 g/mol. The average molecular weight is 507 g/mol. The number of rotatable bonds is 5. The number of nitrogens with zero attached hydrogens (tertiary/aromatic N) is 3. The van der Waals surface area contributed by atoms with Gasteiger partial charge in [0.05, 0.1) is 5.69 Å².